The molecule has 0 fully saturated rings. The number of hydrogen-bond acceptors (Lipinski definition) is 3. The molecule has 22 heavy (non-hydrogen) atoms. The maximum atomic E-state index is 11.9. The number of amides is 1. The van der Waals surface area contributed by atoms with Gasteiger partial charge in [-0.1, -0.05) is 24.3 Å². The van der Waals surface area contributed by atoms with Gasteiger partial charge < -0.3 is 14.4 Å². The quantitative estimate of drug-likeness (QED) is 0.434. The average molecular weight is 342 g/mol. The summed E-state index contributed by atoms with van der Waals surface area (Å²) in [5, 5.41) is 0. The Kier molecular flexibility index (Phi) is 6.62. The third kappa shape index (κ3) is 4.68. The summed E-state index contributed by atoms with van der Waals surface area (Å²) in [5.74, 6) is 2.17. The molecule has 2 rings (SSSR count). The molecule has 1 heterocycles. The number of carbonyl (C=O) groups is 1. The van der Waals surface area contributed by atoms with Gasteiger partial charge in [0.1, 0.15) is 0 Å². The third-order valence-electron chi connectivity index (χ3n) is 3.06. The first kappa shape index (κ1) is 16.7. The molecule has 0 bridgehead atoms. The minimum absolute atomic E-state index is 0.100. The van der Waals surface area contributed by atoms with Crippen LogP contribution in [0.2, 0.25) is 0 Å². The number of alkyl halides is 2. The first-order valence-electron chi connectivity index (χ1n) is 6.90. The van der Waals surface area contributed by atoms with E-state index < -0.39 is 0 Å². The fourth-order valence-corrected chi connectivity index (χ4v) is 2.37. The number of allylic oxidation sites excluding steroid dienone is 2. The highest BCUT2D eigenvalue weighted by Crippen LogP contribution is 2.32. The van der Waals surface area contributed by atoms with Crippen LogP contribution in [0.1, 0.15) is 5.56 Å². The van der Waals surface area contributed by atoms with Gasteiger partial charge in [0.15, 0.2) is 11.5 Å². The summed E-state index contributed by atoms with van der Waals surface area (Å²) < 4.78 is 10.6. The highest BCUT2D eigenvalue weighted by molar-refractivity contribution is 6.18. The van der Waals surface area contributed by atoms with Crippen molar-refractivity contribution >= 4 is 35.2 Å². The number of halogens is 2. The van der Waals surface area contributed by atoms with Crippen LogP contribution in [0.4, 0.5) is 0 Å². The number of ether oxygens (including phenoxy) is 2. The number of fused-ring (bicyclic) bond motifs is 1. The van der Waals surface area contributed by atoms with Gasteiger partial charge >= 0.3 is 0 Å². The van der Waals surface area contributed by atoms with Gasteiger partial charge in [-0.25, -0.2) is 0 Å². The highest BCUT2D eigenvalue weighted by atomic mass is 35.5. The second kappa shape index (κ2) is 8.71. The smallest absolute Gasteiger partial charge is 0.246 e. The number of carbonyl (C=O) groups excluding carboxylic acids is 1. The lowest BCUT2D eigenvalue weighted by molar-refractivity contribution is -0.125. The molecule has 1 amide bonds. The summed E-state index contributed by atoms with van der Waals surface area (Å²) >= 11 is 11.3. The summed E-state index contributed by atoms with van der Waals surface area (Å²) in [6.07, 6.45) is 6.89. The standard InChI is InChI=1S/C16H17Cl2NO3/c17-7-9-19(10-8-18)16(20)4-2-1-3-13-5-6-14-15(11-13)22-12-21-14/h1-6,11H,7-10,12H2. The zero-order valence-electron chi connectivity index (χ0n) is 12.0. The van der Waals surface area contributed by atoms with Gasteiger partial charge in [-0.15, -0.1) is 23.2 Å². The van der Waals surface area contributed by atoms with Crippen molar-refractivity contribution < 1.29 is 14.3 Å². The fourth-order valence-electron chi connectivity index (χ4n) is 1.96. The number of rotatable bonds is 7. The maximum Gasteiger partial charge on any atom is 0.246 e. The van der Waals surface area contributed by atoms with E-state index in [1.807, 2.05) is 24.3 Å². The zero-order valence-corrected chi connectivity index (χ0v) is 13.5. The van der Waals surface area contributed by atoms with E-state index in [0.717, 1.165) is 17.1 Å². The van der Waals surface area contributed by atoms with Crippen LogP contribution >= 0.6 is 23.2 Å². The summed E-state index contributed by atoms with van der Waals surface area (Å²) in [6, 6.07) is 5.67. The second-order valence-corrected chi connectivity index (χ2v) is 5.29. The van der Waals surface area contributed by atoms with Crippen molar-refractivity contribution in [3.05, 3.63) is 42.0 Å². The van der Waals surface area contributed by atoms with Crippen LogP contribution in [-0.2, 0) is 4.79 Å². The Balaban J connectivity index is 1.92. The van der Waals surface area contributed by atoms with Gasteiger partial charge in [0.2, 0.25) is 12.7 Å². The van der Waals surface area contributed by atoms with Crippen molar-refractivity contribution in [3.63, 3.8) is 0 Å². The Hall–Kier alpha value is -1.65. The molecule has 118 valence electrons. The Morgan fingerprint density at radius 1 is 1.14 bits per heavy atom. The van der Waals surface area contributed by atoms with Gasteiger partial charge in [0.25, 0.3) is 0 Å². The van der Waals surface area contributed by atoms with Gasteiger partial charge in [-0.3, -0.25) is 4.79 Å². The van der Waals surface area contributed by atoms with Gasteiger partial charge in [0.05, 0.1) is 0 Å². The SMILES string of the molecule is O=C(C=CC=Cc1ccc2c(c1)OCO2)N(CCCl)CCCl. The van der Waals surface area contributed by atoms with Crippen LogP contribution in [0.25, 0.3) is 6.08 Å². The third-order valence-corrected chi connectivity index (χ3v) is 3.39. The predicted octanol–water partition coefficient (Wildman–Crippen LogP) is 3.29. The number of benzene rings is 1. The zero-order chi connectivity index (χ0) is 15.8. The average Bonchev–Trinajstić information content (AvgIpc) is 2.98. The lowest BCUT2D eigenvalue weighted by Crippen LogP contribution is -2.33. The van der Waals surface area contributed by atoms with Crippen LogP contribution in [0, 0.1) is 0 Å². The summed E-state index contributed by atoms with van der Waals surface area (Å²) in [7, 11) is 0. The van der Waals surface area contributed by atoms with Crippen molar-refractivity contribution in [3.8, 4) is 11.5 Å². The molecule has 0 aromatic heterocycles. The maximum absolute atomic E-state index is 11.9. The van der Waals surface area contributed by atoms with Gasteiger partial charge in [-0.2, -0.15) is 0 Å². The Bertz CT molecular complexity index is 567. The molecule has 4 nitrogen and oxygen atoms in total. The molecule has 0 saturated heterocycles. The minimum Gasteiger partial charge on any atom is -0.454 e. The van der Waals surface area contributed by atoms with E-state index in [1.54, 1.807) is 17.1 Å². The van der Waals surface area contributed by atoms with E-state index >= 15 is 0 Å². The van der Waals surface area contributed by atoms with Gasteiger partial charge in [-0.05, 0) is 17.7 Å². The molecule has 1 aromatic rings. The van der Waals surface area contributed by atoms with Crippen molar-refractivity contribution in [2.75, 3.05) is 31.6 Å². The topological polar surface area (TPSA) is 38.8 Å². The van der Waals surface area contributed by atoms with E-state index in [2.05, 4.69) is 0 Å². The fraction of sp³-hybridized carbons (Fsp3) is 0.312. The molecule has 0 atom stereocenters. The molecular formula is C16H17Cl2NO3. The van der Waals surface area contributed by atoms with E-state index in [1.165, 1.54) is 6.08 Å². The number of hydrogen-bond donors (Lipinski definition) is 0. The molecule has 0 radical (unpaired) electrons. The number of nitrogens with zero attached hydrogens (tertiary/aromatic N) is 1. The van der Waals surface area contributed by atoms with E-state index in [0.29, 0.717) is 24.8 Å². The first-order valence-corrected chi connectivity index (χ1v) is 7.96. The molecule has 0 spiro atoms. The van der Waals surface area contributed by atoms with Crippen LogP contribution in [0.5, 0.6) is 11.5 Å². The summed E-state index contributed by atoms with van der Waals surface area (Å²) in [5.41, 5.74) is 0.972. The molecule has 0 saturated carbocycles. The van der Waals surface area contributed by atoms with Crippen LogP contribution in [0.15, 0.2) is 36.4 Å². The molecule has 1 aromatic carbocycles. The first-order chi connectivity index (χ1) is 10.7. The van der Waals surface area contributed by atoms with Crippen LogP contribution in [-0.4, -0.2) is 42.4 Å². The van der Waals surface area contributed by atoms with E-state index in [9.17, 15) is 4.79 Å². The second-order valence-electron chi connectivity index (χ2n) is 4.53. The largest absolute Gasteiger partial charge is 0.454 e. The summed E-state index contributed by atoms with van der Waals surface area (Å²) in [4.78, 5) is 13.6. The van der Waals surface area contributed by atoms with Crippen molar-refractivity contribution in [2.45, 2.75) is 0 Å². The van der Waals surface area contributed by atoms with E-state index in [-0.39, 0.29) is 12.7 Å². The molecule has 6 heteroatoms. The minimum atomic E-state index is -0.100. The van der Waals surface area contributed by atoms with Crippen molar-refractivity contribution in [2.24, 2.45) is 0 Å². The Morgan fingerprint density at radius 3 is 2.59 bits per heavy atom. The molecule has 0 aliphatic carbocycles. The lowest BCUT2D eigenvalue weighted by Gasteiger charge is -2.18. The van der Waals surface area contributed by atoms with Crippen LogP contribution < -0.4 is 9.47 Å². The van der Waals surface area contributed by atoms with Crippen molar-refractivity contribution in [1.82, 2.24) is 4.90 Å². The highest BCUT2D eigenvalue weighted by Gasteiger charge is 2.12. The Labute approximate surface area is 139 Å². The molecule has 0 unspecified atom stereocenters. The molecule has 1 aliphatic rings. The molecule has 0 N–H and O–H groups in total. The van der Waals surface area contributed by atoms with E-state index in [4.69, 9.17) is 32.7 Å². The van der Waals surface area contributed by atoms with Crippen LogP contribution in [0.3, 0.4) is 0 Å². The monoisotopic (exact) mass is 341 g/mol. The summed E-state index contributed by atoms with van der Waals surface area (Å²) in [6.45, 7) is 1.24. The predicted molar refractivity (Wildman–Crippen MR) is 88.8 cm³/mol. The normalized spacial score (nSPS) is 13.2. The van der Waals surface area contributed by atoms with Gasteiger partial charge in [0, 0.05) is 30.9 Å². The molecular weight excluding hydrogens is 325 g/mol. The van der Waals surface area contributed by atoms with Crippen molar-refractivity contribution in [1.29, 1.82) is 0 Å². The Morgan fingerprint density at radius 2 is 1.86 bits per heavy atom. The lowest BCUT2D eigenvalue weighted by atomic mass is 10.2. The molecule has 1 aliphatic heterocycles.